The third kappa shape index (κ3) is 2.82. The maximum atomic E-state index is 13.8. The molecule has 2 heterocycles. The molecule has 2 aliphatic heterocycles. The Morgan fingerprint density at radius 3 is 2.57 bits per heavy atom. The molecular formula is C24H19FN2O2S. The fourth-order valence-electron chi connectivity index (χ4n) is 4.28. The lowest BCUT2D eigenvalue weighted by molar-refractivity contribution is -0.123. The molecule has 0 bridgehead atoms. The van der Waals surface area contributed by atoms with Gasteiger partial charge >= 0.3 is 0 Å². The number of nitrogens with zero attached hydrogens (tertiary/aromatic N) is 2. The summed E-state index contributed by atoms with van der Waals surface area (Å²) < 4.78 is 13.7. The SMILES string of the molecule is O=C(c1ccccc1)N1CCS[C@]12C(=O)N(Cc1cccc(F)c1)c1ccccc12. The summed E-state index contributed by atoms with van der Waals surface area (Å²) in [6, 6.07) is 22.9. The number of para-hydroxylation sites is 1. The molecule has 0 aliphatic carbocycles. The molecule has 2 amide bonds. The monoisotopic (exact) mass is 418 g/mol. The first-order valence-corrected chi connectivity index (χ1v) is 10.8. The number of carbonyl (C=O) groups excluding carboxylic acids is 2. The van der Waals surface area contributed by atoms with Crippen LogP contribution in [0.3, 0.4) is 0 Å². The van der Waals surface area contributed by atoms with E-state index >= 15 is 0 Å². The first-order valence-electron chi connectivity index (χ1n) is 9.78. The van der Waals surface area contributed by atoms with Crippen LogP contribution in [0.5, 0.6) is 0 Å². The summed E-state index contributed by atoms with van der Waals surface area (Å²) in [7, 11) is 0. The lowest BCUT2D eigenvalue weighted by Gasteiger charge is -2.33. The van der Waals surface area contributed by atoms with Crippen molar-refractivity contribution in [1.82, 2.24) is 4.90 Å². The molecule has 1 atom stereocenters. The van der Waals surface area contributed by atoms with E-state index < -0.39 is 4.87 Å². The van der Waals surface area contributed by atoms with Crippen molar-refractivity contribution in [3.8, 4) is 0 Å². The molecule has 5 rings (SSSR count). The van der Waals surface area contributed by atoms with E-state index in [0.29, 0.717) is 23.4 Å². The van der Waals surface area contributed by atoms with Crippen LogP contribution in [0.1, 0.15) is 21.5 Å². The molecule has 3 aromatic rings. The number of anilines is 1. The zero-order chi connectivity index (χ0) is 20.7. The molecule has 0 N–H and O–H groups in total. The molecule has 1 saturated heterocycles. The Labute approximate surface area is 178 Å². The zero-order valence-electron chi connectivity index (χ0n) is 16.1. The van der Waals surface area contributed by atoms with E-state index in [9.17, 15) is 14.0 Å². The number of halogens is 1. The minimum absolute atomic E-state index is 0.153. The quantitative estimate of drug-likeness (QED) is 0.633. The number of hydrogen-bond donors (Lipinski definition) is 0. The molecule has 4 nitrogen and oxygen atoms in total. The van der Waals surface area contributed by atoms with Crippen LogP contribution >= 0.6 is 11.8 Å². The van der Waals surface area contributed by atoms with Gasteiger partial charge in [0.1, 0.15) is 5.82 Å². The number of benzene rings is 3. The highest BCUT2D eigenvalue weighted by Gasteiger charge is 2.59. The Kier molecular flexibility index (Phi) is 4.59. The summed E-state index contributed by atoms with van der Waals surface area (Å²) in [4.78, 5) is 29.5. The van der Waals surface area contributed by atoms with Gasteiger partial charge in [0.15, 0.2) is 4.87 Å². The van der Waals surface area contributed by atoms with Crippen LogP contribution in [0.4, 0.5) is 10.1 Å². The number of fused-ring (bicyclic) bond motifs is 2. The average molecular weight is 418 g/mol. The van der Waals surface area contributed by atoms with Gasteiger partial charge < -0.3 is 9.80 Å². The third-order valence-corrected chi connectivity index (χ3v) is 7.02. The molecule has 30 heavy (non-hydrogen) atoms. The number of thioether (sulfide) groups is 1. The fraction of sp³-hybridized carbons (Fsp3) is 0.167. The fourth-order valence-corrected chi connectivity index (χ4v) is 5.74. The van der Waals surface area contributed by atoms with E-state index in [1.54, 1.807) is 34.1 Å². The Balaban J connectivity index is 1.58. The lowest BCUT2D eigenvalue weighted by atomic mass is 10.0. The molecule has 1 spiro atoms. The molecule has 6 heteroatoms. The molecular weight excluding hydrogens is 399 g/mol. The van der Waals surface area contributed by atoms with E-state index in [2.05, 4.69) is 0 Å². The molecule has 1 fully saturated rings. The first kappa shape index (κ1) is 18.9. The maximum absolute atomic E-state index is 13.8. The van der Waals surface area contributed by atoms with Crippen molar-refractivity contribution in [3.63, 3.8) is 0 Å². The average Bonchev–Trinajstić information content (AvgIpc) is 3.31. The predicted molar refractivity (Wildman–Crippen MR) is 116 cm³/mol. The normalized spacial score (nSPS) is 20.1. The minimum Gasteiger partial charge on any atom is -0.311 e. The van der Waals surface area contributed by atoms with Gasteiger partial charge in [-0.05, 0) is 35.9 Å². The largest absolute Gasteiger partial charge is 0.311 e. The van der Waals surface area contributed by atoms with Crippen LogP contribution in [-0.2, 0) is 16.2 Å². The summed E-state index contributed by atoms with van der Waals surface area (Å²) >= 11 is 1.49. The standard InChI is InChI=1S/C24H19FN2O2S/c25-19-10-6-7-17(15-19)16-26-21-12-5-4-11-20(21)24(23(26)29)27(13-14-30-24)22(28)18-8-2-1-3-9-18/h1-12,15H,13-14,16H2/t24-/m1/s1. The highest BCUT2D eigenvalue weighted by molar-refractivity contribution is 8.01. The van der Waals surface area contributed by atoms with Gasteiger partial charge in [0.05, 0.1) is 12.2 Å². The maximum Gasteiger partial charge on any atom is 0.268 e. The van der Waals surface area contributed by atoms with Crippen molar-refractivity contribution in [2.24, 2.45) is 0 Å². The van der Waals surface area contributed by atoms with Gasteiger partial charge in [-0.1, -0.05) is 48.5 Å². The van der Waals surface area contributed by atoms with Crippen LogP contribution in [0.25, 0.3) is 0 Å². The smallest absolute Gasteiger partial charge is 0.268 e. The third-order valence-electron chi connectivity index (χ3n) is 5.60. The van der Waals surface area contributed by atoms with E-state index in [1.165, 1.54) is 23.9 Å². The number of amides is 2. The first-order chi connectivity index (χ1) is 14.6. The molecule has 2 aliphatic rings. The highest BCUT2D eigenvalue weighted by atomic mass is 32.2. The number of carbonyl (C=O) groups is 2. The Morgan fingerprint density at radius 2 is 1.77 bits per heavy atom. The van der Waals surface area contributed by atoms with Crippen LogP contribution in [0.2, 0.25) is 0 Å². The van der Waals surface area contributed by atoms with Gasteiger partial charge in [-0.15, -0.1) is 11.8 Å². The van der Waals surface area contributed by atoms with Crippen molar-refractivity contribution in [2.75, 3.05) is 17.2 Å². The highest BCUT2D eigenvalue weighted by Crippen LogP contribution is 2.54. The van der Waals surface area contributed by atoms with Crippen molar-refractivity contribution < 1.29 is 14.0 Å². The second-order valence-corrected chi connectivity index (χ2v) is 8.64. The summed E-state index contributed by atoms with van der Waals surface area (Å²) in [6.07, 6.45) is 0. The number of rotatable bonds is 3. The second-order valence-electron chi connectivity index (χ2n) is 7.35. The predicted octanol–water partition coefficient (Wildman–Crippen LogP) is 4.41. The summed E-state index contributed by atoms with van der Waals surface area (Å²) in [5.74, 6) is 0.0290. The van der Waals surface area contributed by atoms with E-state index in [1.807, 2.05) is 42.5 Å². The Bertz CT molecular complexity index is 1140. The van der Waals surface area contributed by atoms with E-state index in [0.717, 1.165) is 11.3 Å². The molecule has 3 aromatic carbocycles. The molecule has 0 unspecified atom stereocenters. The van der Waals surface area contributed by atoms with Gasteiger partial charge in [-0.2, -0.15) is 0 Å². The lowest BCUT2D eigenvalue weighted by Crippen LogP contribution is -2.50. The molecule has 150 valence electrons. The summed E-state index contributed by atoms with van der Waals surface area (Å²) in [5, 5.41) is 0. The van der Waals surface area contributed by atoms with Crippen LogP contribution in [0, 0.1) is 5.82 Å². The van der Waals surface area contributed by atoms with Gasteiger partial charge in [-0.3, -0.25) is 9.59 Å². The molecule has 0 radical (unpaired) electrons. The minimum atomic E-state index is -1.09. The van der Waals surface area contributed by atoms with Crippen molar-refractivity contribution in [3.05, 3.63) is 101 Å². The van der Waals surface area contributed by atoms with Gasteiger partial charge in [0.2, 0.25) is 0 Å². The topological polar surface area (TPSA) is 40.6 Å². The second kappa shape index (κ2) is 7.29. The Hall–Kier alpha value is -3.12. The number of hydrogen-bond acceptors (Lipinski definition) is 3. The molecule has 0 saturated carbocycles. The van der Waals surface area contributed by atoms with E-state index in [4.69, 9.17) is 0 Å². The van der Waals surface area contributed by atoms with Gasteiger partial charge in [0, 0.05) is 23.4 Å². The van der Waals surface area contributed by atoms with Crippen molar-refractivity contribution in [2.45, 2.75) is 11.4 Å². The van der Waals surface area contributed by atoms with Crippen LogP contribution < -0.4 is 4.90 Å². The van der Waals surface area contributed by atoms with Crippen molar-refractivity contribution in [1.29, 1.82) is 0 Å². The summed E-state index contributed by atoms with van der Waals surface area (Å²) in [6.45, 7) is 0.746. The van der Waals surface area contributed by atoms with E-state index in [-0.39, 0.29) is 24.2 Å². The van der Waals surface area contributed by atoms with Crippen LogP contribution in [0.15, 0.2) is 78.9 Å². The van der Waals surface area contributed by atoms with Gasteiger partial charge in [0.25, 0.3) is 11.8 Å². The van der Waals surface area contributed by atoms with Crippen molar-refractivity contribution >= 4 is 29.3 Å². The summed E-state index contributed by atoms with van der Waals surface area (Å²) in [5.41, 5.74) is 2.86. The Morgan fingerprint density at radius 1 is 1.00 bits per heavy atom. The zero-order valence-corrected chi connectivity index (χ0v) is 16.9. The van der Waals surface area contributed by atoms with Crippen LogP contribution in [-0.4, -0.2) is 29.0 Å². The molecule has 0 aromatic heterocycles. The van der Waals surface area contributed by atoms with Gasteiger partial charge in [-0.25, -0.2) is 4.39 Å².